The average Bonchev–Trinajstić information content (AvgIpc) is 3.26. The fourth-order valence-electron chi connectivity index (χ4n) is 4.59. The zero-order valence-electron chi connectivity index (χ0n) is 13.1. The number of allylic oxidation sites excluding steroid dienone is 1. The molecule has 3 rings (SSSR count). The molecule has 1 N–H and O–H groups in total. The lowest BCUT2D eigenvalue weighted by Crippen LogP contribution is -2.41. The molecule has 2 nitrogen and oxygen atoms in total. The summed E-state index contributed by atoms with van der Waals surface area (Å²) in [6.07, 6.45) is 9.34. The fraction of sp³-hybridized carbons (Fsp3) is 0.833. The molecule has 3 aliphatic rings. The lowest BCUT2D eigenvalue weighted by molar-refractivity contribution is -0.0263. The van der Waals surface area contributed by atoms with Crippen LogP contribution in [0.2, 0.25) is 0 Å². The largest absolute Gasteiger partial charge is 0.388 e. The maximum absolute atomic E-state index is 10.4. The molecule has 0 aromatic carbocycles. The van der Waals surface area contributed by atoms with E-state index >= 15 is 0 Å². The van der Waals surface area contributed by atoms with Gasteiger partial charge in [0.15, 0.2) is 0 Å². The maximum Gasteiger partial charge on any atom is 0.0784 e. The van der Waals surface area contributed by atoms with Crippen LogP contribution in [0.3, 0.4) is 0 Å². The summed E-state index contributed by atoms with van der Waals surface area (Å²) >= 11 is 0. The van der Waals surface area contributed by atoms with Crippen molar-refractivity contribution in [2.24, 2.45) is 29.6 Å². The van der Waals surface area contributed by atoms with Crippen LogP contribution in [0, 0.1) is 36.0 Å². The van der Waals surface area contributed by atoms with Crippen LogP contribution in [0.4, 0.5) is 0 Å². The summed E-state index contributed by atoms with van der Waals surface area (Å²) in [5.41, 5.74) is 1.15. The standard InChI is InChI=1S/C18H29O2/c1-11-4-8-16(13(3)18(19)14-6-7-14)17-10-20-12(2)5-9-15(11)17/h6-7,11-13,15-19H,4-5,8-10H2,1-3H3/t11-,12?,13-,15+,16+,17?,18+/m1/s1. The highest BCUT2D eigenvalue weighted by atomic mass is 16.5. The first kappa shape index (κ1) is 14.6. The highest BCUT2D eigenvalue weighted by molar-refractivity contribution is 5.42. The van der Waals surface area contributed by atoms with E-state index in [2.05, 4.69) is 33.3 Å². The minimum atomic E-state index is -0.255. The SMILES string of the molecule is CC1CC[C@@H]2C(CO1)[C@H]([C@@H](C)[C@H](O)C1=C[CH]1)CC[C@H]2C. The second kappa shape index (κ2) is 5.81. The Labute approximate surface area is 123 Å². The molecule has 2 aliphatic carbocycles. The van der Waals surface area contributed by atoms with E-state index in [-0.39, 0.29) is 6.10 Å². The van der Waals surface area contributed by atoms with Crippen LogP contribution >= 0.6 is 0 Å². The maximum atomic E-state index is 10.4. The van der Waals surface area contributed by atoms with Gasteiger partial charge in [0.1, 0.15) is 0 Å². The monoisotopic (exact) mass is 277 g/mol. The first-order valence-corrected chi connectivity index (χ1v) is 8.42. The molecule has 0 amide bonds. The molecule has 20 heavy (non-hydrogen) atoms. The van der Waals surface area contributed by atoms with Crippen molar-refractivity contribution in [3.63, 3.8) is 0 Å². The quantitative estimate of drug-likeness (QED) is 0.854. The molecule has 1 heterocycles. The highest BCUT2D eigenvalue weighted by Crippen LogP contribution is 2.47. The summed E-state index contributed by atoms with van der Waals surface area (Å²) in [5.74, 6) is 3.24. The van der Waals surface area contributed by atoms with Crippen LogP contribution in [0.1, 0.15) is 46.5 Å². The smallest absolute Gasteiger partial charge is 0.0784 e. The van der Waals surface area contributed by atoms with Gasteiger partial charge in [-0.1, -0.05) is 26.3 Å². The van der Waals surface area contributed by atoms with E-state index in [1.165, 1.54) is 25.7 Å². The summed E-state index contributed by atoms with van der Waals surface area (Å²) in [5, 5.41) is 10.4. The number of fused-ring (bicyclic) bond motifs is 1. The number of hydrogen-bond acceptors (Lipinski definition) is 2. The van der Waals surface area contributed by atoms with Gasteiger partial charge in [-0.15, -0.1) is 0 Å². The Kier molecular flexibility index (Phi) is 4.24. The molecule has 113 valence electrons. The van der Waals surface area contributed by atoms with Crippen LogP contribution in [0.25, 0.3) is 0 Å². The third-order valence-corrected chi connectivity index (χ3v) is 6.14. The lowest BCUT2D eigenvalue weighted by Gasteiger charge is -2.44. The average molecular weight is 277 g/mol. The van der Waals surface area contributed by atoms with E-state index in [1.54, 1.807) is 0 Å². The van der Waals surface area contributed by atoms with Gasteiger partial charge in [-0.2, -0.15) is 0 Å². The molecule has 7 atom stereocenters. The zero-order valence-corrected chi connectivity index (χ0v) is 13.1. The Morgan fingerprint density at radius 1 is 1.15 bits per heavy atom. The molecule has 2 unspecified atom stereocenters. The summed E-state index contributed by atoms with van der Waals surface area (Å²) < 4.78 is 6.05. The Bertz CT molecular complexity index is 376. The Balaban J connectivity index is 1.74. The number of hydrogen-bond donors (Lipinski definition) is 1. The molecule has 0 spiro atoms. The van der Waals surface area contributed by atoms with Gasteiger partial charge in [-0.05, 0) is 61.3 Å². The van der Waals surface area contributed by atoms with Crippen molar-refractivity contribution in [1.82, 2.24) is 0 Å². The number of aliphatic hydroxyl groups excluding tert-OH is 1. The molecule has 0 bridgehead atoms. The predicted octanol–water partition coefficient (Wildman–Crippen LogP) is 3.61. The van der Waals surface area contributed by atoms with Gasteiger partial charge in [0.2, 0.25) is 0 Å². The van der Waals surface area contributed by atoms with Gasteiger partial charge in [0.25, 0.3) is 0 Å². The van der Waals surface area contributed by atoms with Crippen LogP contribution in [0.15, 0.2) is 11.6 Å². The molecule has 1 saturated heterocycles. The molecule has 2 fully saturated rings. The highest BCUT2D eigenvalue weighted by Gasteiger charge is 2.43. The first-order valence-electron chi connectivity index (χ1n) is 8.42. The van der Waals surface area contributed by atoms with E-state index < -0.39 is 0 Å². The Hall–Kier alpha value is -0.340. The van der Waals surface area contributed by atoms with Crippen LogP contribution in [-0.4, -0.2) is 23.9 Å². The Morgan fingerprint density at radius 2 is 1.90 bits per heavy atom. The molecule has 0 aromatic rings. The molecule has 1 radical (unpaired) electrons. The summed E-state index contributed by atoms with van der Waals surface area (Å²) in [4.78, 5) is 0. The number of aliphatic hydroxyl groups is 1. The van der Waals surface area contributed by atoms with Crippen molar-refractivity contribution in [3.05, 3.63) is 18.1 Å². The molecule has 1 saturated carbocycles. The van der Waals surface area contributed by atoms with E-state index in [9.17, 15) is 5.11 Å². The normalized spacial score (nSPS) is 44.0. The number of ether oxygens (including phenoxy) is 1. The summed E-state index contributed by atoms with van der Waals surface area (Å²) in [7, 11) is 0. The topological polar surface area (TPSA) is 29.5 Å². The molecular formula is C18H29O2. The van der Waals surface area contributed by atoms with Gasteiger partial charge in [-0.25, -0.2) is 0 Å². The number of rotatable bonds is 3. The predicted molar refractivity (Wildman–Crippen MR) is 81.1 cm³/mol. The van der Waals surface area contributed by atoms with E-state index in [0.717, 1.165) is 24.0 Å². The van der Waals surface area contributed by atoms with Gasteiger partial charge < -0.3 is 9.84 Å². The molecule has 0 aromatic heterocycles. The Morgan fingerprint density at radius 3 is 2.60 bits per heavy atom. The second-order valence-electron chi connectivity index (χ2n) is 7.40. The third kappa shape index (κ3) is 2.82. The van der Waals surface area contributed by atoms with Crippen LogP contribution in [0.5, 0.6) is 0 Å². The van der Waals surface area contributed by atoms with E-state index in [1.807, 2.05) is 0 Å². The van der Waals surface area contributed by atoms with E-state index in [4.69, 9.17) is 4.74 Å². The summed E-state index contributed by atoms with van der Waals surface area (Å²) in [6.45, 7) is 7.77. The fourth-order valence-corrected chi connectivity index (χ4v) is 4.59. The zero-order chi connectivity index (χ0) is 14.3. The van der Waals surface area contributed by atoms with Gasteiger partial charge in [0, 0.05) is 6.42 Å². The van der Waals surface area contributed by atoms with Gasteiger partial charge in [-0.3, -0.25) is 0 Å². The van der Waals surface area contributed by atoms with Crippen molar-refractivity contribution in [1.29, 1.82) is 0 Å². The van der Waals surface area contributed by atoms with Crippen LogP contribution < -0.4 is 0 Å². The van der Waals surface area contributed by atoms with Crippen LogP contribution in [-0.2, 0) is 4.74 Å². The molecule has 2 heteroatoms. The van der Waals surface area contributed by atoms with Crippen molar-refractivity contribution in [2.75, 3.05) is 6.61 Å². The minimum Gasteiger partial charge on any atom is -0.388 e. The van der Waals surface area contributed by atoms with Crippen molar-refractivity contribution in [3.8, 4) is 0 Å². The third-order valence-electron chi connectivity index (χ3n) is 6.14. The van der Waals surface area contributed by atoms with Gasteiger partial charge in [0.05, 0.1) is 18.8 Å². The minimum absolute atomic E-state index is 0.255. The van der Waals surface area contributed by atoms with Crippen molar-refractivity contribution >= 4 is 0 Å². The first-order chi connectivity index (χ1) is 9.58. The molecular weight excluding hydrogens is 248 g/mol. The van der Waals surface area contributed by atoms with Crippen molar-refractivity contribution < 1.29 is 9.84 Å². The lowest BCUT2D eigenvalue weighted by atomic mass is 9.62. The van der Waals surface area contributed by atoms with E-state index in [0.29, 0.717) is 23.9 Å². The molecule has 1 aliphatic heterocycles. The van der Waals surface area contributed by atoms with Gasteiger partial charge >= 0.3 is 0 Å². The van der Waals surface area contributed by atoms with Crippen molar-refractivity contribution in [2.45, 2.75) is 58.7 Å². The second-order valence-corrected chi connectivity index (χ2v) is 7.40. The summed E-state index contributed by atoms with van der Waals surface area (Å²) in [6, 6.07) is 0.